The molecule has 4 heteroatoms. The van der Waals surface area contributed by atoms with Crippen molar-refractivity contribution in [1.82, 2.24) is 0 Å². The quantitative estimate of drug-likeness (QED) is 0.0956. The third kappa shape index (κ3) is 11.0. The zero-order chi connectivity index (χ0) is 57.6. The number of anilines is 12. The highest BCUT2D eigenvalue weighted by Crippen LogP contribution is 2.44. The maximum absolute atomic E-state index is 2.41. The predicted molar refractivity (Wildman–Crippen MR) is 365 cm³/mol. The number of para-hydroxylation sites is 4. The molecule has 0 N–H and O–H groups in total. The van der Waals surface area contributed by atoms with E-state index >= 15 is 0 Å². The Morgan fingerprint density at radius 3 is 1.02 bits per heavy atom. The van der Waals surface area contributed by atoms with Crippen LogP contribution >= 0.6 is 0 Å². The highest BCUT2D eigenvalue weighted by atomic mass is 15.2. The molecular weight excluding hydrogens is 1040 g/mol. The van der Waals surface area contributed by atoms with Gasteiger partial charge in [0, 0.05) is 67.6 Å². The molecule has 0 amide bonds. The van der Waals surface area contributed by atoms with E-state index in [4.69, 9.17) is 0 Å². The van der Waals surface area contributed by atoms with Crippen LogP contribution in [0.4, 0.5) is 68.2 Å². The summed E-state index contributed by atoms with van der Waals surface area (Å²) in [6.45, 7) is 2.14. The van der Waals surface area contributed by atoms with Gasteiger partial charge in [-0.3, -0.25) is 0 Å². The second-order valence-corrected chi connectivity index (χ2v) is 21.9. The number of benzene rings is 14. The first-order valence-corrected chi connectivity index (χ1v) is 29.5. The number of hydrogen-bond acceptors (Lipinski definition) is 4. The van der Waals surface area contributed by atoms with Crippen LogP contribution in [0, 0.1) is 6.92 Å². The van der Waals surface area contributed by atoms with Gasteiger partial charge in [-0.15, -0.1) is 0 Å². The number of rotatable bonds is 16. The molecule has 14 rings (SSSR count). The van der Waals surface area contributed by atoms with Gasteiger partial charge in [0.05, 0.1) is 11.4 Å². The van der Waals surface area contributed by atoms with Gasteiger partial charge < -0.3 is 19.6 Å². The van der Waals surface area contributed by atoms with E-state index in [0.29, 0.717) is 0 Å². The minimum atomic E-state index is 0.745. The predicted octanol–water partition coefficient (Wildman–Crippen LogP) is 23.1. The summed E-state index contributed by atoms with van der Waals surface area (Å²) in [5, 5.41) is 4.81. The SMILES string of the molecule is Cc1cccc(N(c2ccccc2)c2ccc(-c3ccc(N(c4ccccc4)c4cccc(Cc5cc(N(c6ccccc6)c6ccc(-c7ccc(N(c8ccccc8)c8cccc9ccccc89)cc7)cc6)c6ccccc6c5)c4)cc3)cc2)c1. The molecule has 86 heavy (non-hydrogen) atoms. The number of nitrogens with zero attached hydrogens (tertiary/aromatic N) is 4. The average Bonchev–Trinajstić information content (AvgIpc) is 3.44. The molecule has 0 aliphatic carbocycles. The number of hydrogen-bond donors (Lipinski definition) is 0. The van der Waals surface area contributed by atoms with Crippen molar-refractivity contribution < 1.29 is 0 Å². The van der Waals surface area contributed by atoms with Crippen molar-refractivity contribution in [3.8, 4) is 22.3 Å². The second-order valence-electron chi connectivity index (χ2n) is 21.9. The van der Waals surface area contributed by atoms with Crippen LogP contribution in [0.15, 0.2) is 346 Å². The first-order valence-electron chi connectivity index (χ1n) is 29.5. The Morgan fingerprint density at radius 2 is 0.547 bits per heavy atom. The van der Waals surface area contributed by atoms with Crippen molar-refractivity contribution in [3.05, 3.63) is 362 Å². The van der Waals surface area contributed by atoms with E-state index in [1.54, 1.807) is 0 Å². The zero-order valence-corrected chi connectivity index (χ0v) is 47.9. The van der Waals surface area contributed by atoms with E-state index in [2.05, 4.69) is 372 Å². The van der Waals surface area contributed by atoms with Crippen molar-refractivity contribution in [3.63, 3.8) is 0 Å². The molecule has 0 saturated heterocycles. The lowest BCUT2D eigenvalue weighted by Crippen LogP contribution is -2.11. The molecule has 0 bridgehead atoms. The van der Waals surface area contributed by atoms with E-state index in [-0.39, 0.29) is 0 Å². The van der Waals surface area contributed by atoms with Gasteiger partial charge in [-0.05, 0) is 197 Å². The fourth-order valence-electron chi connectivity index (χ4n) is 12.1. The van der Waals surface area contributed by atoms with E-state index in [9.17, 15) is 0 Å². The lowest BCUT2D eigenvalue weighted by molar-refractivity contribution is 1.18. The minimum absolute atomic E-state index is 0.745. The van der Waals surface area contributed by atoms with Crippen molar-refractivity contribution in [1.29, 1.82) is 0 Å². The average molecular weight is 1100 g/mol. The van der Waals surface area contributed by atoms with Crippen LogP contribution in [0.5, 0.6) is 0 Å². The smallest absolute Gasteiger partial charge is 0.0542 e. The van der Waals surface area contributed by atoms with Gasteiger partial charge >= 0.3 is 0 Å². The molecule has 410 valence electrons. The molecule has 14 aromatic carbocycles. The van der Waals surface area contributed by atoms with Crippen molar-refractivity contribution in [2.75, 3.05) is 19.6 Å². The molecule has 0 aliphatic rings. The van der Waals surface area contributed by atoms with E-state index in [1.165, 1.54) is 38.2 Å². The maximum atomic E-state index is 2.41. The normalized spacial score (nSPS) is 11.1. The molecular formula is C82H62N4. The lowest BCUT2D eigenvalue weighted by atomic mass is 9.97. The molecule has 0 aromatic heterocycles. The fraction of sp³-hybridized carbons (Fsp3) is 0.0244. The van der Waals surface area contributed by atoms with Gasteiger partial charge in [-0.25, -0.2) is 0 Å². The summed E-state index contributed by atoms with van der Waals surface area (Å²) in [6, 6.07) is 125. The lowest BCUT2D eigenvalue weighted by Gasteiger charge is -2.28. The first kappa shape index (κ1) is 52.8. The Labute approximate surface area is 504 Å². The Balaban J connectivity index is 0.755. The van der Waals surface area contributed by atoms with Gasteiger partial charge in [-0.2, -0.15) is 0 Å². The Hall–Kier alpha value is -11.2. The highest BCUT2D eigenvalue weighted by molar-refractivity contribution is 6.01. The van der Waals surface area contributed by atoms with Gasteiger partial charge in [0.2, 0.25) is 0 Å². The van der Waals surface area contributed by atoms with Gasteiger partial charge in [0.1, 0.15) is 0 Å². The molecule has 0 unspecified atom stereocenters. The number of aryl methyl sites for hydroxylation is 1. The maximum Gasteiger partial charge on any atom is 0.0542 e. The van der Waals surface area contributed by atoms with Crippen molar-refractivity contribution in [2.24, 2.45) is 0 Å². The highest BCUT2D eigenvalue weighted by Gasteiger charge is 2.21. The molecule has 0 aliphatic heterocycles. The molecule has 4 nitrogen and oxygen atoms in total. The molecule has 0 spiro atoms. The molecule has 0 fully saturated rings. The fourth-order valence-corrected chi connectivity index (χ4v) is 12.1. The van der Waals surface area contributed by atoms with Crippen LogP contribution < -0.4 is 19.6 Å². The summed E-state index contributed by atoms with van der Waals surface area (Å²) in [5.74, 6) is 0. The van der Waals surface area contributed by atoms with Crippen molar-refractivity contribution in [2.45, 2.75) is 13.3 Å². The largest absolute Gasteiger partial charge is 0.310 e. The molecule has 0 radical (unpaired) electrons. The van der Waals surface area contributed by atoms with E-state index < -0.39 is 0 Å². The van der Waals surface area contributed by atoms with Gasteiger partial charge in [0.15, 0.2) is 0 Å². The third-order valence-corrected chi connectivity index (χ3v) is 16.2. The zero-order valence-electron chi connectivity index (χ0n) is 47.9. The van der Waals surface area contributed by atoms with Crippen LogP contribution in [0.1, 0.15) is 16.7 Å². The Morgan fingerprint density at radius 1 is 0.209 bits per heavy atom. The van der Waals surface area contributed by atoms with Crippen LogP contribution in [-0.4, -0.2) is 0 Å². The molecule has 0 atom stereocenters. The van der Waals surface area contributed by atoms with E-state index in [1.807, 2.05) is 0 Å². The van der Waals surface area contributed by atoms with Crippen LogP contribution in [0.25, 0.3) is 43.8 Å². The van der Waals surface area contributed by atoms with Crippen LogP contribution in [0.2, 0.25) is 0 Å². The van der Waals surface area contributed by atoms with Crippen molar-refractivity contribution >= 4 is 89.8 Å². The van der Waals surface area contributed by atoms with E-state index in [0.717, 1.165) is 96.9 Å². The molecule has 14 aromatic rings. The molecule has 0 heterocycles. The summed E-state index contributed by atoms with van der Waals surface area (Å²) in [5.41, 5.74) is 21.6. The Kier molecular flexibility index (Phi) is 14.7. The standard InChI is InChI=1S/C82H62N4/c1-60-21-18-34-77(55-60)83(69-26-6-2-7-27-69)73-47-39-63(40-48-73)64-41-49-74(50-42-64)84(70-28-8-3-9-29-70)78-35-19-22-61(58-78)56-62-57-68-24-15-17-37-80(68)82(59-62)86(72-32-12-5-13-33-72)76-53-45-66(46-54-76)65-43-51-75(52-44-65)85(71-30-10-4-11-31-71)81-38-20-25-67-23-14-16-36-79(67)81/h2-55,57-59H,56H2,1H3. The topological polar surface area (TPSA) is 13.0 Å². The van der Waals surface area contributed by atoms with Gasteiger partial charge in [-0.1, -0.05) is 212 Å². The molecule has 0 saturated carbocycles. The summed E-state index contributed by atoms with van der Waals surface area (Å²) < 4.78 is 0. The summed E-state index contributed by atoms with van der Waals surface area (Å²) in [7, 11) is 0. The van der Waals surface area contributed by atoms with Gasteiger partial charge in [0.25, 0.3) is 0 Å². The first-order chi connectivity index (χ1) is 42.5. The summed E-state index contributed by atoms with van der Waals surface area (Å²) >= 11 is 0. The second kappa shape index (κ2) is 23.9. The van der Waals surface area contributed by atoms with Crippen LogP contribution in [0.3, 0.4) is 0 Å². The monoisotopic (exact) mass is 1100 g/mol. The summed E-state index contributed by atoms with van der Waals surface area (Å²) in [6.07, 6.45) is 0.745. The Bertz CT molecular complexity index is 4580. The minimum Gasteiger partial charge on any atom is -0.310 e. The number of fused-ring (bicyclic) bond motifs is 2. The van der Waals surface area contributed by atoms with Crippen LogP contribution in [-0.2, 0) is 6.42 Å². The third-order valence-electron chi connectivity index (χ3n) is 16.2. The summed E-state index contributed by atoms with van der Waals surface area (Å²) in [4.78, 5) is 9.45.